The molecule has 29 heteroatoms. The Hall–Kier alpha value is -9.74. The van der Waals surface area contributed by atoms with Gasteiger partial charge in [0.05, 0.1) is 42.3 Å². The monoisotopic (exact) mass is 1430 g/mol. The SMILES string of the molecule is CC(=O)O[C@H]1C(=O)[C@@]2(C)[C@H]([C@H](OC(=O)c3ccccc3)[C@]3(O)C[C@H](OC(=O)[C@H](OCCC(=O)NCCCC[C@H](NC(=O)CC[C@@H](NC(=O)[C@H](C)NC(=O)/C=C/c4ccc(Cl)cc4F)C(N)=O)C(=O)O)[C@@H](NC(=O)c4ccccc4)c4ccccc4)C(C)=C1C3(C)C)[C@]1(OC(C)=O)CO[C@@H]1C[C@@H]2O. The number of carbonyl (C=O) groups is 12. The topological polar surface area (TPSA) is 407 Å². The molecule has 4 aromatic carbocycles. The Morgan fingerprint density at radius 1 is 0.784 bits per heavy atom. The molecule has 4 aliphatic rings. The van der Waals surface area contributed by atoms with Gasteiger partial charge in [-0.1, -0.05) is 98.2 Å². The fourth-order valence-electron chi connectivity index (χ4n) is 13.9. The number of carboxylic acid groups (broad SMARTS) is 1. The summed E-state index contributed by atoms with van der Waals surface area (Å²) in [5.74, 6) is -13.4. The molecule has 0 aromatic heterocycles. The standard InChI is InChI=1S/C73H84ClFN6O21/c1-39-51(37-73(96)63(101-68(94)46-23-15-10-16-24-46)61-71(7,52(84)36-53-72(61,38-98-53)102-42(4)83)62(88)59(99-41(3)82)57(39)70(73,5)6)100-69(95)60(58(44-19-11-8-12-20-44)81-66(91)45-21-13-9-14-22-45)97-34-32-54(85)77-33-18-17-25-50(67(92)93)79-56(87)31-29-49(64(76)89)80-65(90)40(2)78-55(86)30-27-43-26-28-47(74)35-48(43)75/h8-16,19-24,26-28,30,35,40,49-53,58-61,63,84,96H,17-18,25,29,31-34,36-38H2,1-7H3,(H2,76,89)(H,77,85)(H,78,86)(H,79,87)(H,80,90)(H,81,91)(H,92,93)/b30-27+/t40-,49+,50-,51-,52-,53+,58-,59+,60+,61-,63-,71+,72-,73+/m0/s1. The maximum atomic E-state index is 15.9. The Bertz CT molecular complexity index is 3900. The van der Waals surface area contributed by atoms with Crippen molar-refractivity contribution in [1.29, 1.82) is 0 Å². The second-order valence-electron chi connectivity index (χ2n) is 26.5. The number of carbonyl (C=O) groups excluding carboxylic acids is 11. The molecule has 1 aliphatic heterocycles. The average molecular weight is 1440 g/mol. The molecule has 0 radical (unpaired) electrons. The molecule has 2 saturated carbocycles. The molecule has 1 saturated heterocycles. The van der Waals surface area contributed by atoms with Crippen LogP contribution in [0.25, 0.3) is 6.08 Å². The number of hydrogen-bond acceptors (Lipinski definition) is 20. The van der Waals surface area contributed by atoms with Crippen molar-refractivity contribution in [1.82, 2.24) is 26.6 Å². The number of fused-ring (bicyclic) bond motifs is 5. The van der Waals surface area contributed by atoms with Gasteiger partial charge in [-0.3, -0.25) is 43.2 Å². The summed E-state index contributed by atoms with van der Waals surface area (Å²) >= 11 is 5.77. The molecule has 0 unspecified atom stereocenters. The number of aliphatic hydroxyl groups excluding tert-OH is 1. The van der Waals surface area contributed by atoms with Crippen LogP contribution in [-0.4, -0.2) is 172 Å². The van der Waals surface area contributed by atoms with Gasteiger partial charge in [0.2, 0.25) is 29.5 Å². The molecule has 8 rings (SSSR count). The lowest BCUT2D eigenvalue weighted by molar-refractivity contribution is -0.346. The summed E-state index contributed by atoms with van der Waals surface area (Å²) in [7, 11) is 0. The van der Waals surface area contributed by atoms with E-state index in [9.17, 15) is 67.7 Å². The molecule has 0 spiro atoms. The van der Waals surface area contributed by atoms with E-state index in [1.807, 2.05) is 0 Å². The number of aliphatic carboxylic acids is 1. The summed E-state index contributed by atoms with van der Waals surface area (Å²) < 4.78 is 51.6. The highest BCUT2D eigenvalue weighted by molar-refractivity contribution is 6.30. The third kappa shape index (κ3) is 17.6. The Morgan fingerprint density at radius 3 is 2.03 bits per heavy atom. The van der Waals surface area contributed by atoms with E-state index in [-0.39, 0.29) is 71.5 Å². The molecule has 546 valence electrons. The molecule has 3 aliphatic carbocycles. The summed E-state index contributed by atoms with van der Waals surface area (Å²) in [5, 5.41) is 49.2. The quantitative estimate of drug-likeness (QED) is 0.0112. The van der Waals surface area contributed by atoms with Crippen molar-refractivity contribution < 1.29 is 106 Å². The number of Topliss-reactive ketones (excluding diaryl/α,β-unsaturated/α-hetero) is 1. The van der Waals surface area contributed by atoms with Gasteiger partial charge in [-0.2, -0.15) is 0 Å². The number of ketones is 1. The second kappa shape index (κ2) is 33.4. The van der Waals surface area contributed by atoms with Crippen LogP contribution in [0.15, 0.2) is 126 Å². The summed E-state index contributed by atoms with van der Waals surface area (Å²) in [6, 6.07) is 22.1. The van der Waals surface area contributed by atoms with Crippen molar-refractivity contribution in [2.24, 2.45) is 22.5 Å². The van der Waals surface area contributed by atoms with Crippen LogP contribution in [-0.2, 0) is 76.4 Å². The van der Waals surface area contributed by atoms with Crippen molar-refractivity contribution in [2.75, 3.05) is 19.8 Å². The lowest BCUT2D eigenvalue weighted by atomic mass is 9.44. The number of hydrogen-bond donors (Lipinski definition) is 9. The van der Waals surface area contributed by atoms with Gasteiger partial charge in [0.25, 0.3) is 5.91 Å². The van der Waals surface area contributed by atoms with Crippen molar-refractivity contribution in [3.05, 3.63) is 160 Å². The fraction of sp³-hybridized carbons (Fsp3) is 0.452. The summed E-state index contributed by atoms with van der Waals surface area (Å²) in [5.41, 5.74) is -2.31. The normalized spacial score (nSPS) is 24.7. The van der Waals surface area contributed by atoms with Gasteiger partial charge >= 0.3 is 29.8 Å². The number of amides is 6. The zero-order valence-corrected chi connectivity index (χ0v) is 58.0. The largest absolute Gasteiger partial charge is 0.480 e. The van der Waals surface area contributed by atoms with Crippen LogP contribution < -0.4 is 32.3 Å². The first-order chi connectivity index (χ1) is 48.2. The van der Waals surface area contributed by atoms with Gasteiger partial charge in [0, 0.05) is 73.7 Å². The Morgan fingerprint density at radius 2 is 1.43 bits per heavy atom. The lowest BCUT2D eigenvalue weighted by Crippen LogP contribution is -2.82. The third-order valence-electron chi connectivity index (χ3n) is 19.4. The maximum Gasteiger partial charge on any atom is 0.338 e. The second-order valence-corrected chi connectivity index (χ2v) is 26.9. The van der Waals surface area contributed by atoms with Gasteiger partial charge in [0.15, 0.2) is 23.6 Å². The minimum atomic E-state index is -2.53. The van der Waals surface area contributed by atoms with Crippen LogP contribution in [0.1, 0.15) is 138 Å². The summed E-state index contributed by atoms with van der Waals surface area (Å²) in [6.45, 7) is 8.44. The molecule has 27 nitrogen and oxygen atoms in total. The molecular weight excluding hydrogens is 1350 g/mol. The van der Waals surface area contributed by atoms with Crippen molar-refractivity contribution in [3.8, 4) is 0 Å². The molecule has 3 fully saturated rings. The van der Waals surface area contributed by atoms with Crippen LogP contribution in [0.4, 0.5) is 4.39 Å². The van der Waals surface area contributed by atoms with Gasteiger partial charge in [-0.15, -0.1) is 0 Å². The molecular formula is C73H84ClFN6O21. The first-order valence-electron chi connectivity index (χ1n) is 33.2. The number of nitrogens with two attached hydrogens (primary N) is 1. The van der Waals surface area contributed by atoms with E-state index in [0.29, 0.717) is 5.56 Å². The van der Waals surface area contributed by atoms with E-state index in [2.05, 4.69) is 26.6 Å². The molecule has 1 heterocycles. The fourth-order valence-corrected chi connectivity index (χ4v) is 14.1. The highest BCUT2D eigenvalue weighted by Crippen LogP contribution is 2.64. The number of carboxylic acids is 1. The Balaban J connectivity index is 0.984. The van der Waals surface area contributed by atoms with E-state index in [4.69, 9.17) is 45.8 Å². The van der Waals surface area contributed by atoms with Crippen LogP contribution in [0.5, 0.6) is 0 Å². The predicted molar refractivity (Wildman–Crippen MR) is 361 cm³/mol. The van der Waals surface area contributed by atoms with E-state index < -0.39 is 198 Å². The van der Waals surface area contributed by atoms with Gasteiger partial charge in [-0.25, -0.2) is 18.8 Å². The Kier molecular flexibility index (Phi) is 25.5. The highest BCUT2D eigenvalue weighted by atomic mass is 35.5. The van der Waals surface area contributed by atoms with Crippen molar-refractivity contribution in [2.45, 2.75) is 172 Å². The van der Waals surface area contributed by atoms with Crippen molar-refractivity contribution in [3.63, 3.8) is 0 Å². The summed E-state index contributed by atoms with van der Waals surface area (Å²) in [4.78, 5) is 164. The average Bonchev–Trinajstić information content (AvgIpc) is 0.669. The molecule has 4 aromatic rings. The number of primary amides is 1. The lowest BCUT2D eigenvalue weighted by Gasteiger charge is -2.67. The van der Waals surface area contributed by atoms with E-state index in [0.717, 1.165) is 32.1 Å². The highest BCUT2D eigenvalue weighted by Gasteiger charge is 2.78. The number of nitrogens with one attached hydrogen (secondary N) is 5. The first-order valence-corrected chi connectivity index (χ1v) is 33.6. The van der Waals surface area contributed by atoms with E-state index in [1.54, 1.807) is 66.7 Å². The van der Waals surface area contributed by atoms with Crippen LogP contribution in [0.2, 0.25) is 5.02 Å². The molecule has 6 amide bonds. The van der Waals surface area contributed by atoms with Crippen LogP contribution in [0, 0.1) is 22.6 Å². The number of benzene rings is 4. The minimum Gasteiger partial charge on any atom is -0.480 e. The number of aliphatic hydroxyl groups is 2. The first kappa shape index (κ1) is 78.0. The zero-order chi connectivity index (χ0) is 74.6. The molecule has 10 N–H and O–H groups in total. The maximum absolute atomic E-state index is 15.9. The number of rotatable bonds is 30. The van der Waals surface area contributed by atoms with Crippen LogP contribution >= 0.6 is 11.6 Å². The molecule has 2 bridgehead atoms. The minimum absolute atomic E-state index is 0.00304. The predicted octanol–water partition coefficient (Wildman–Crippen LogP) is 4.77. The number of ether oxygens (including phenoxy) is 6. The number of esters is 4. The van der Waals surface area contributed by atoms with E-state index in [1.165, 1.54) is 71.0 Å². The summed E-state index contributed by atoms with van der Waals surface area (Å²) in [6.07, 6.45) is -9.93. The van der Waals surface area contributed by atoms with Crippen LogP contribution in [0.3, 0.4) is 0 Å². The zero-order valence-electron chi connectivity index (χ0n) is 57.2. The number of unbranched alkanes of at least 4 members (excludes halogenated alkanes) is 1. The molecule has 102 heavy (non-hydrogen) atoms. The van der Waals surface area contributed by atoms with Gasteiger partial charge in [0.1, 0.15) is 47.9 Å². The Labute approximate surface area is 592 Å². The van der Waals surface area contributed by atoms with E-state index >= 15 is 9.59 Å². The third-order valence-corrected chi connectivity index (χ3v) is 19.6. The molecule has 14 atom stereocenters. The van der Waals surface area contributed by atoms with Crippen molar-refractivity contribution >= 4 is 88.7 Å². The van der Waals surface area contributed by atoms with Gasteiger partial charge in [-0.05, 0) is 106 Å². The van der Waals surface area contributed by atoms with Gasteiger partial charge < -0.3 is 76.1 Å². The number of halogens is 2. The smallest absolute Gasteiger partial charge is 0.338 e.